The standard InChI is InChI=1S/C11H16N2O/c1-7-6-10(8(2)12)4-5-11(7)13-9(3)14/h4-6,8H,12H2,1-3H3,(H,13,14). The van der Waals surface area contributed by atoms with Gasteiger partial charge < -0.3 is 11.1 Å². The van der Waals surface area contributed by atoms with Gasteiger partial charge in [0.2, 0.25) is 5.91 Å². The van der Waals surface area contributed by atoms with Gasteiger partial charge in [-0.3, -0.25) is 4.79 Å². The van der Waals surface area contributed by atoms with Gasteiger partial charge >= 0.3 is 0 Å². The summed E-state index contributed by atoms with van der Waals surface area (Å²) in [6, 6.07) is 5.84. The van der Waals surface area contributed by atoms with E-state index in [4.69, 9.17) is 5.73 Å². The molecule has 3 N–H and O–H groups in total. The summed E-state index contributed by atoms with van der Waals surface area (Å²) in [5.74, 6) is -0.0540. The maximum atomic E-state index is 10.8. The third-order valence-corrected chi connectivity index (χ3v) is 2.09. The third kappa shape index (κ3) is 2.57. The molecule has 0 aliphatic rings. The first-order valence-corrected chi connectivity index (χ1v) is 4.64. The number of anilines is 1. The van der Waals surface area contributed by atoms with Crippen LogP contribution in [-0.2, 0) is 4.79 Å². The van der Waals surface area contributed by atoms with Crippen molar-refractivity contribution in [2.75, 3.05) is 5.32 Å². The van der Waals surface area contributed by atoms with Crippen LogP contribution < -0.4 is 11.1 Å². The second kappa shape index (κ2) is 4.24. The Kier molecular flexibility index (Phi) is 3.25. The molecule has 1 amide bonds. The van der Waals surface area contributed by atoms with Crippen LogP contribution in [-0.4, -0.2) is 5.91 Å². The Bertz CT molecular complexity index is 345. The van der Waals surface area contributed by atoms with Crippen LogP contribution in [0.4, 0.5) is 5.69 Å². The van der Waals surface area contributed by atoms with Crippen molar-refractivity contribution >= 4 is 11.6 Å². The highest BCUT2D eigenvalue weighted by atomic mass is 16.1. The van der Waals surface area contributed by atoms with Gasteiger partial charge in [-0.05, 0) is 31.0 Å². The number of hydrogen-bond donors (Lipinski definition) is 2. The molecule has 0 radical (unpaired) electrons. The van der Waals surface area contributed by atoms with Gasteiger partial charge in [-0.15, -0.1) is 0 Å². The molecule has 1 aromatic rings. The van der Waals surface area contributed by atoms with Crippen molar-refractivity contribution in [3.63, 3.8) is 0 Å². The van der Waals surface area contributed by atoms with E-state index in [2.05, 4.69) is 5.32 Å². The lowest BCUT2D eigenvalue weighted by molar-refractivity contribution is -0.114. The summed E-state index contributed by atoms with van der Waals surface area (Å²) in [4.78, 5) is 10.8. The van der Waals surface area contributed by atoms with Crippen molar-refractivity contribution in [3.8, 4) is 0 Å². The molecule has 3 heteroatoms. The van der Waals surface area contributed by atoms with E-state index in [1.165, 1.54) is 6.92 Å². The molecule has 0 spiro atoms. The minimum atomic E-state index is -0.0540. The first-order valence-electron chi connectivity index (χ1n) is 4.64. The predicted octanol–water partition coefficient (Wildman–Crippen LogP) is 1.97. The van der Waals surface area contributed by atoms with E-state index in [1.807, 2.05) is 32.0 Å². The average molecular weight is 192 g/mol. The zero-order valence-corrected chi connectivity index (χ0v) is 8.79. The van der Waals surface area contributed by atoms with Crippen LogP contribution in [0.1, 0.15) is 31.0 Å². The van der Waals surface area contributed by atoms with Crippen LogP contribution in [0.2, 0.25) is 0 Å². The second-order valence-corrected chi connectivity index (χ2v) is 3.54. The lowest BCUT2D eigenvalue weighted by atomic mass is 10.0. The van der Waals surface area contributed by atoms with E-state index in [-0.39, 0.29) is 11.9 Å². The molecule has 0 aliphatic carbocycles. The summed E-state index contributed by atoms with van der Waals surface area (Å²) in [6.07, 6.45) is 0. The number of carbonyl (C=O) groups is 1. The minimum Gasteiger partial charge on any atom is -0.326 e. The van der Waals surface area contributed by atoms with Gasteiger partial charge in [-0.1, -0.05) is 12.1 Å². The van der Waals surface area contributed by atoms with E-state index in [0.29, 0.717) is 0 Å². The van der Waals surface area contributed by atoms with Gasteiger partial charge in [-0.25, -0.2) is 0 Å². The number of amides is 1. The number of benzene rings is 1. The van der Waals surface area contributed by atoms with Crippen molar-refractivity contribution in [2.24, 2.45) is 5.73 Å². The summed E-state index contributed by atoms with van der Waals surface area (Å²) >= 11 is 0. The summed E-state index contributed by atoms with van der Waals surface area (Å²) in [6.45, 7) is 5.39. The quantitative estimate of drug-likeness (QED) is 0.752. The molecule has 3 nitrogen and oxygen atoms in total. The molecule has 0 aromatic heterocycles. The van der Waals surface area contributed by atoms with E-state index in [0.717, 1.165) is 16.8 Å². The van der Waals surface area contributed by atoms with E-state index >= 15 is 0 Å². The normalized spacial score (nSPS) is 12.3. The molecule has 1 rings (SSSR count). The first kappa shape index (κ1) is 10.7. The van der Waals surface area contributed by atoms with Gasteiger partial charge in [0.1, 0.15) is 0 Å². The van der Waals surface area contributed by atoms with E-state index < -0.39 is 0 Å². The van der Waals surface area contributed by atoms with Crippen LogP contribution in [0.15, 0.2) is 18.2 Å². The fourth-order valence-corrected chi connectivity index (χ4v) is 1.30. The number of nitrogens with one attached hydrogen (secondary N) is 1. The second-order valence-electron chi connectivity index (χ2n) is 3.54. The molecule has 1 atom stereocenters. The third-order valence-electron chi connectivity index (χ3n) is 2.09. The number of nitrogens with two attached hydrogens (primary N) is 1. The van der Waals surface area contributed by atoms with E-state index in [1.54, 1.807) is 0 Å². The molecule has 0 bridgehead atoms. The number of rotatable bonds is 2. The smallest absolute Gasteiger partial charge is 0.221 e. The van der Waals surface area contributed by atoms with Gasteiger partial charge in [0.15, 0.2) is 0 Å². The fourth-order valence-electron chi connectivity index (χ4n) is 1.30. The summed E-state index contributed by atoms with van der Waals surface area (Å²) < 4.78 is 0. The molecule has 0 aliphatic heterocycles. The van der Waals surface area contributed by atoms with E-state index in [9.17, 15) is 4.79 Å². The first-order chi connectivity index (χ1) is 6.50. The number of carbonyl (C=O) groups excluding carboxylic acids is 1. The van der Waals surface area contributed by atoms with Crippen LogP contribution in [0.25, 0.3) is 0 Å². The Morgan fingerprint density at radius 2 is 2.14 bits per heavy atom. The van der Waals surface area contributed by atoms with Crippen molar-refractivity contribution in [1.29, 1.82) is 0 Å². The fraction of sp³-hybridized carbons (Fsp3) is 0.364. The lowest BCUT2D eigenvalue weighted by Gasteiger charge is -2.10. The van der Waals surface area contributed by atoms with Crippen molar-refractivity contribution in [3.05, 3.63) is 29.3 Å². The Morgan fingerprint density at radius 1 is 1.50 bits per heavy atom. The Hall–Kier alpha value is -1.35. The topological polar surface area (TPSA) is 55.1 Å². The molecule has 0 saturated heterocycles. The van der Waals surface area contributed by atoms with Crippen LogP contribution >= 0.6 is 0 Å². The monoisotopic (exact) mass is 192 g/mol. The highest BCUT2D eigenvalue weighted by Gasteiger charge is 2.03. The molecule has 14 heavy (non-hydrogen) atoms. The highest BCUT2D eigenvalue weighted by Crippen LogP contribution is 2.19. The molecule has 0 heterocycles. The molecule has 76 valence electrons. The van der Waals surface area contributed by atoms with Crippen molar-refractivity contribution in [1.82, 2.24) is 0 Å². The largest absolute Gasteiger partial charge is 0.326 e. The summed E-state index contributed by atoms with van der Waals surface area (Å²) in [7, 11) is 0. The van der Waals surface area contributed by atoms with Crippen molar-refractivity contribution < 1.29 is 4.79 Å². The zero-order chi connectivity index (χ0) is 10.7. The van der Waals surface area contributed by atoms with Crippen molar-refractivity contribution in [2.45, 2.75) is 26.8 Å². The molecule has 0 saturated carbocycles. The Balaban J connectivity index is 2.95. The zero-order valence-electron chi connectivity index (χ0n) is 8.79. The predicted molar refractivity (Wildman–Crippen MR) is 58.1 cm³/mol. The summed E-state index contributed by atoms with van der Waals surface area (Å²) in [5.41, 5.74) is 8.71. The number of aryl methyl sites for hydroxylation is 1. The van der Waals surface area contributed by atoms with Crippen LogP contribution in [0, 0.1) is 6.92 Å². The average Bonchev–Trinajstić information content (AvgIpc) is 2.07. The van der Waals surface area contributed by atoms with Gasteiger partial charge in [0.05, 0.1) is 0 Å². The molecule has 1 aromatic carbocycles. The molecular weight excluding hydrogens is 176 g/mol. The highest BCUT2D eigenvalue weighted by molar-refractivity contribution is 5.89. The van der Waals surface area contributed by atoms with Crippen LogP contribution in [0.5, 0.6) is 0 Å². The minimum absolute atomic E-state index is 0.0279. The van der Waals surface area contributed by atoms with Gasteiger partial charge in [0, 0.05) is 18.7 Å². The molecular formula is C11H16N2O. The maximum Gasteiger partial charge on any atom is 0.221 e. The van der Waals surface area contributed by atoms with Gasteiger partial charge in [0.25, 0.3) is 0 Å². The van der Waals surface area contributed by atoms with Gasteiger partial charge in [-0.2, -0.15) is 0 Å². The number of hydrogen-bond acceptors (Lipinski definition) is 2. The summed E-state index contributed by atoms with van der Waals surface area (Å²) in [5, 5.41) is 2.76. The molecule has 0 fully saturated rings. The maximum absolute atomic E-state index is 10.8. The Morgan fingerprint density at radius 3 is 2.57 bits per heavy atom. The lowest BCUT2D eigenvalue weighted by Crippen LogP contribution is -2.09. The Labute approximate surface area is 84.3 Å². The van der Waals surface area contributed by atoms with Crippen LogP contribution in [0.3, 0.4) is 0 Å². The molecule has 1 unspecified atom stereocenters. The SMILES string of the molecule is CC(=O)Nc1ccc(C(C)N)cc1C.